The number of sulfonamides is 1. The van der Waals surface area contributed by atoms with Crippen molar-refractivity contribution in [1.29, 1.82) is 5.41 Å². The van der Waals surface area contributed by atoms with Crippen LogP contribution in [0.5, 0.6) is 0 Å². The summed E-state index contributed by atoms with van der Waals surface area (Å²) in [6, 6.07) is 7.20. The van der Waals surface area contributed by atoms with E-state index in [9.17, 15) is 18.0 Å². The number of carbonyl (C=O) groups is 2. The molecule has 2 saturated carbocycles. The molecule has 1 aromatic rings. The minimum atomic E-state index is -3.60. The Morgan fingerprint density at radius 2 is 1.71 bits per heavy atom. The molecule has 38 heavy (non-hydrogen) atoms. The van der Waals surface area contributed by atoms with E-state index in [1.165, 1.54) is 20.9 Å². The number of urea groups is 1. The van der Waals surface area contributed by atoms with Gasteiger partial charge in [-0.25, -0.2) is 17.5 Å². The molecule has 3 heterocycles. The second kappa shape index (κ2) is 7.90. The number of imide groups is 1. The standard InChI is InChI=1S/C29H38N4O4S/c1-27(2)20-10-12-29(27,23(17-20)33-25(34)22-7-8-24(30)32(22)26(33)35)18-38(36,37)31-15-13-28(14-16-31)11-9-19-5-3-4-6-21(19)28/h3-6,20,22-23,30H,7-18H2,1-2H3/t20-,22+,23+,29-/m1/s1. The third-order valence-electron chi connectivity index (χ3n) is 11.9. The summed E-state index contributed by atoms with van der Waals surface area (Å²) in [5, 5.41) is 8.20. The zero-order valence-corrected chi connectivity index (χ0v) is 23.2. The highest BCUT2D eigenvalue weighted by Crippen LogP contribution is 2.68. The smallest absolute Gasteiger partial charge is 0.288 e. The molecule has 4 atom stereocenters. The van der Waals surface area contributed by atoms with E-state index in [0.29, 0.717) is 38.8 Å². The monoisotopic (exact) mass is 538 g/mol. The van der Waals surface area contributed by atoms with Gasteiger partial charge in [-0.15, -0.1) is 0 Å². The van der Waals surface area contributed by atoms with Crippen LogP contribution in [0.4, 0.5) is 4.79 Å². The quantitative estimate of drug-likeness (QED) is 0.588. The third-order valence-corrected chi connectivity index (χ3v) is 13.9. The van der Waals surface area contributed by atoms with E-state index < -0.39 is 33.6 Å². The maximum atomic E-state index is 14.1. The topological polar surface area (TPSA) is 102 Å². The molecular formula is C29H38N4O4S. The molecule has 1 spiro atoms. The van der Waals surface area contributed by atoms with Gasteiger partial charge in [0.2, 0.25) is 10.0 Å². The van der Waals surface area contributed by atoms with Crippen LogP contribution >= 0.6 is 0 Å². The second-order valence-corrected chi connectivity index (χ2v) is 15.3. The Kier molecular flexibility index (Phi) is 5.15. The number of nitrogens with zero attached hydrogens (tertiary/aromatic N) is 3. The Bertz CT molecular complexity index is 1350. The van der Waals surface area contributed by atoms with Crippen LogP contribution < -0.4 is 0 Å². The summed E-state index contributed by atoms with van der Waals surface area (Å²) >= 11 is 0. The summed E-state index contributed by atoms with van der Waals surface area (Å²) in [6.45, 7) is 5.34. The molecule has 3 aliphatic carbocycles. The van der Waals surface area contributed by atoms with Crippen molar-refractivity contribution < 1.29 is 18.0 Å². The van der Waals surface area contributed by atoms with Crippen molar-refractivity contribution in [2.75, 3.05) is 18.8 Å². The summed E-state index contributed by atoms with van der Waals surface area (Å²) in [6.07, 6.45) is 7.06. The lowest BCUT2D eigenvalue weighted by atomic mass is 9.68. The van der Waals surface area contributed by atoms with Crippen LogP contribution in [-0.4, -0.2) is 71.2 Å². The number of aryl methyl sites for hydroxylation is 1. The number of amidine groups is 1. The van der Waals surface area contributed by atoms with Crippen LogP contribution in [0.2, 0.25) is 0 Å². The molecule has 7 rings (SSSR count). The summed E-state index contributed by atoms with van der Waals surface area (Å²) < 4.78 is 30.0. The first kappa shape index (κ1) is 24.8. The summed E-state index contributed by atoms with van der Waals surface area (Å²) in [4.78, 5) is 29.7. The number of rotatable bonds is 4. The number of hydrogen-bond donors (Lipinski definition) is 1. The summed E-state index contributed by atoms with van der Waals surface area (Å²) in [5.41, 5.74) is 1.93. The molecule has 6 aliphatic rings. The summed E-state index contributed by atoms with van der Waals surface area (Å²) in [5.74, 6) is 0.229. The fraction of sp³-hybridized carbons (Fsp3) is 0.690. The molecule has 1 N–H and O–H groups in total. The number of benzene rings is 1. The molecule has 3 aliphatic heterocycles. The Morgan fingerprint density at radius 3 is 2.42 bits per heavy atom. The zero-order valence-electron chi connectivity index (χ0n) is 22.4. The molecule has 5 fully saturated rings. The molecule has 9 heteroatoms. The average Bonchev–Trinajstić information content (AvgIpc) is 3.62. The first-order chi connectivity index (χ1) is 18.0. The van der Waals surface area contributed by atoms with Crippen molar-refractivity contribution >= 4 is 27.8 Å². The van der Waals surface area contributed by atoms with Gasteiger partial charge in [0.15, 0.2) is 0 Å². The van der Waals surface area contributed by atoms with E-state index in [-0.39, 0.29) is 34.2 Å². The number of hydrogen-bond acceptors (Lipinski definition) is 5. The van der Waals surface area contributed by atoms with Crippen molar-refractivity contribution in [2.45, 2.75) is 89.1 Å². The molecule has 1 aromatic carbocycles. The molecule has 8 nitrogen and oxygen atoms in total. The third kappa shape index (κ3) is 3.06. The minimum absolute atomic E-state index is 0.0169. The van der Waals surface area contributed by atoms with E-state index >= 15 is 0 Å². The predicted octanol–water partition coefficient (Wildman–Crippen LogP) is 3.89. The van der Waals surface area contributed by atoms with Crippen molar-refractivity contribution in [3.05, 3.63) is 35.4 Å². The minimum Gasteiger partial charge on any atom is -0.288 e. The molecular weight excluding hydrogens is 500 g/mol. The molecule has 0 aromatic heterocycles. The van der Waals surface area contributed by atoms with E-state index in [0.717, 1.165) is 32.1 Å². The maximum absolute atomic E-state index is 14.1. The lowest BCUT2D eigenvalue weighted by Crippen LogP contribution is -2.57. The van der Waals surface area contributed by atoms with Gasteiger partial charge < -0.3 is 0 Å². The lowest BCUT2D eigenvalue weighted by Gasteiger charge is -2.46. The predicted molar refractivity (Wildman–Crippen MR) is 143 cm³/mol. The number of carbonyl (C=O) groups excluding carboxylic acids is 2. The van der Waals surface area contributed by atoms with E-state index in [1.54, 1.807) is 4.31 Å². The Hall–Kier alpha value is -2.26. The van der Waals surface area contributed by atoms with Gasteiger partial charge in [-0.2, -0.15) is 0 Å². The number of fused-ring (bicyclic) bond motifs is 5. The van der Waals surface area contributed by atoms with Crippen molar-refractivity contribution in [3.8, 4) is 0 Å². The molecule has 0 unspecified atom stereocenters. The maximum Gasteiger partial charge on any atom is 0.333 e. The Morgan fingerprint density at radius 1 is 0.974 bits per heavy atom. The van der Waals surface area contributed by atoms with Gasteiger partial charge in [0.25, 0.3) is 5.91 Å². The van der Waals surface area contributed by atoms with Crippen LogP contribution in [0.1, 0.15) is 76.3 Å². The second-order valence-electron chi connectivity index (χ2n) is 13.3. The van der Waals surface area contributed by atoms with Crippen LogP contribution in [0, 0.1) is 22.2 Å². The largest absolute Gasteiger partial charge is 0.333 e. The van der Waals surface area contributed by atoms with Gasteiger partial charge >= 0.3 is 6.03 Å². The normalized spacial score (nSPS) is 35.5. The van der Waals surface area contributed by atoms with Gasteiger partial charge in [0, 0.05) is 31.0 Å². The van der Waals surface area contributed by atoms with Gasteiger partial charge in [-0.1, -0.05) is 38.1 Å². The molecule has 0 radical (unpaired) electrons. The van der Waals surface area contributed by atoms with E-state index in [2.05, 4.69) is 38.1 Å². The highest BCUT2D eigenvalue weighted by Gasteiger charge is 2.70. The van der Waals surface area contributed by atoms with Crippen LogP contribution in [0.3, 0.4) is 0 Å². The van der Waals surface area contributed by atoms with Gasteiger partial charge in [-0.3, -0.25) is 20.0 Å². The highest BCUT2D eigenvalue weighted by atomic mass is 32.2. The fourth-order valence-electron chi connectivity index (χ4n) is 9.48. The van der Waals surface area contributed by atoms with Crippen molar-refractivity contribution in [3.63, 3.8) is 0 Å². The Balaban J connectivity index is 1.16. The van der Waals surface area contributed by atoms with Crippen LogP contribution in [0.15, 0.2) is 24.3 Å². The Labute approximate surface area is 225 Å². The van der Waals surface area contributed by atoms with Crippen LogP contribution in [0.25, 0.3) is 0 Å². The first-order valence-electron chi connectivity index (χ1n) is 14.3. The SMILES string of the molecule is CC1(C)[C@@H]2CC[C@@]1(CS(=O)(=O)N1CCC3(CCc4ccccc43)CC1)[C@@H](N1C(=O)[C@@H]3CCC(=N)N3C1=O)C2. The number of piperidine rings is 1. The van der Waals surface area contributed by atoms with Crippen molar-refractivity contribution in [1.82, 2.24) is 14.1 Å². The molecule has 2 bridgehead atoms. The molecule has 3 saturated heterocycles. The van der Waals surface area contributed by atoms with E-state index in [1.807, 2.05) is 0 Å². The van der Waals surface area contributed by atoms with Crippen LogP contribution in [-0.2, 0) is 26.7 Å². The van der Waals surface area contributed by atoms with E-state index in [4.69, 9.17) is 5.41 Å². The zero-order chi connectivity index (χ0) is 26.7. The van der Waals surface area contributed by atoms with Gasteiger partial charge in [0.1, 0.15) is 11.9 Å². The highest BCUT2D eigenvalue weighted by molar-refractivity contribution is 7.89. The number of nitrogens with one attached hydrogen (secondary N) is 1. The van der Waals surface area contributed by atoms with Crippen molar-refractivity contribution in [2.24, 2.45) is 16.7 Å². The summed E-state index contributed by atoms with van der Waals surface area (Å²) in [7, 11) is -3.60. The lowest BCUT2D eigenvalue weighted by molar-refractivity contribution is -0.131. The molecule has 204 valence electrons. The van der Waals surface area contributed by atoms with Gasteiger partial charge in [-0.05, 0) is 79.2 Å². The molecule has 3 amide bonds. The first-order valence-corrected chi connectivity index (χ1v) is 15.9. The average molecular weight is 539 g/mol. The van der Waals surface area contributed by atoms with Gasteiger partial charge in [0.05, 0.1) is 5.75 Å². The number of amides is 3. The fourth-order valence-corrected chi connectivity index (χ4v) is 11.8.